The Morgan fingerprint density at radius 2 is 2.23 bits per heavy atom. The van der Waals surface area contributed by atoms with E-state index >= 15 is 0 Å². The fourth-order valence-corrected chi connectivity index (χ4v) is 1.31. The molecule has 0 saturated heterocycles. The smallest absolute Gasteiger partial charge is 0.0849 e. The zero-order chi connectivity index (χ0) is 9.68. The van der Waals surface area contributed by atoms with Crippen LogP contribution in [0.2, 0.25) is 0 Å². The predicted octanol–water partition coefficient (Wildman–Crippen LogP) is 2.53. The van der Waals surface area contributed by atoms with Crippen molar-refractivity contribution in [2.45, 2.75) is 39.5 Å². The lowest BCUT2D eigenvalue weighted by molar-refractivity contribution is 0.329. The van der Waals surface area contributed by atoms with Crippen LogP contribution in [0.5, 0.6) is 0 Å². The van der Waals surface area contributed by atoms with Crippen molar-refractivity contribution in [1.82, 2.24) is 0 Å². The number of aliphatic hydroxyl groups excluding tert-OH is 1. The maximum atomic E-state index is 8.89. The zero-order valence-electron chi connectivity index (χ0n) is 8.58. The van der Waals surface area contributed by atoms with E-state index in [-0.39, 0.29) is 6.61 Å². The molecule has 1 saturated carbocycles. The molecule has 2 nitrogen and oxygen atoms in total. The number of aliphatic hydroxyl groups is 1. The van der Waals surface area contributed by atoms with E-state index < -0.39 is 0 Å². The van der Waals surface area contributed by atoms with Gasteiger partial charge in [-0.15, -0.1) is 0 Å². The van der Waals surface area contributed by atoms with Crippen LogP contribution in [-0.2, 0) is 0 Å². The Hall–Kier alpha value is -0.630. The van der Waals surface area contributed by atoms with E-state index in [1.54, 1.807) is 0 Å². The highest BCUT2D eigenvalue weighted by Gasteiger charge is 2.20. The van der Waals surface area contributed by atoms with Gasteiger partial charge in [-0.05, 0) is 32.6 Å². The summed E-state index contributed by atoms with van der Waals surface area (Å²) in [6.45, 7) is 4.00. The maximum absolute atomic E-state index is 8.89. The second kappa shape index (κ2) is 5.18. The summed E-state index contributed by atoms with van der Waals surface area (Å²) in [6, 6.07) is 0. The second-order valence-electron chi connectivity index (χ2n) is 3.77. The van der Waals surface area contributed by atoms with E-state index in [0.29, 0.717) is 0 Å². The fourth-order valence-electron chi connectivity index (χ4n) is 1.31. The molecule has 1 aliphatic rings. The van der Waals surface area contributed by atoms with Crippen LogP contribution in [0.15, 0.2) is 16.8 Å². The topological polar surface area (TPSA) is 32.6 Å². The molecule has 0 aliphatic heterocycles. The Kier molecular flexibility index (Phi) is 4.16. The van der Waals surface area contributed by atoms with Crippen molar-refractivity contribution in [3.63, 3.8) is 0 Å². The van der Waals surface area contributed by atoms with Gasteiger partial charge in [0.25, 0.3) is 0 Å². The molecule has 74 valence electrons. The van der Waals surface area contributed by atoms with Crippen LogP contribution in [-0.4, -0.2) is 17.4 Å². The molecule has 0 radical (unpaired) electrons. The third-order valence-corrected chi connectivity index (χ3v) is 2.44. The van der Waals surface area contributed by atoms with Gasteiger partial charge in [-0.2, -0.15) is 0 Å². The molecule has 0 unspecified atom stereocenters. The SMILES string of the molecule is C/C=C(CO)\N=C(/C)CCC1CC1. The zero-order valence-corrected chi connectivity index (χ0v) is 8.58. The van der Waals surface area contributed by atoms with Crippen LogP contribution in [0.3, 0.4) is 0 Å². The summed E-state index contributed by atoms with van der Waals surface area (Å²) in [5.41, 5.74) is 1.93. The maximum Gasteiger partial charge on any atom is 0.0849 e. The van der Waals surface area contributed by atoms with E-state index in [9.17, 15) is 0 Å². The fraction of sp³-hybridized carbons (Fsp3) is 0.727. The van der Waals surface area contributed by atoms with Crippen LogP contribution in [0, 0.1) is 5.92 Å². The molecular formula is C11H19NO. The Bertz CT molecular complexity index is 214. The van der Waals surface area contributed by atoms with Crippen LogP contribution in [0.4, 0.5) is 0 Å². The first-order chi connectivity index (χ1) is 6.26. The largest absolute Gasteiger partial charge is 0.390 e. The van der Waals surface area contributed by atoms with Gasteiger partial charge in [-0.3, -0.25) is 4.99 Å². The van der Waals surface area contributed by atoms with Gasteiger partial charge in [-0.1, -0.05) is 18.9 Å². The molecule has 0 aromatic rings. The highest BCUT2D eigenvalue weighted by Crippen LogP contribution is 2.33. The second-order valence-corrected chi connectivity index (χ2v) is 3.77. The summed E-state index contributed by atoms with van der Waals surface area (Å²) in [4.78, 5) is 4.34. The van der Waals surface area contributed by atoms with Crippen molar-refractivity contribution in [3.05, 3.63) is 11.8 Å². The summed E-state index contributed by atoms with van der Waals surface area (Å²) in [6.07, 6.45) is 7.04. The Morgan fingerprint density at radius 1 is 1.54 bits per heavy atom. The monoisotopic (exact) mass is 181 g/mol. The number of hydrogen-bond donors (Lipinski definition) is 1. The summed E-state index contributed by atoms with van der Waals surface area (Å²) in [5.74, 6) is 0.966. The molecule has 1 fully saturated rings. The first-order valence-corrected chi connectivity index (χ1v) is 5.06. The number of hydrogen-bond acceptors (Lipinski definition) is 2. The molecule has 1 aliphatic carbocycles. The van der Waals surface area contributed by atoms with Gasteiger partial charge < -0.3 is 5.11 Å². The van der Waals surface area contributed by atoms with Crippen molar-refractivity contribution in [3.8, 4) is 0 Å². The number of aliphatic imine (C=N–C) groups is 1. The Balaban J connectivity index is 2.29. The van der Waals surface area contributed by atoms with Gasteiger partial charge in [0.1, 0.15) is 0 Å². The average molecular weight is 181 g/mol. The summed E-state index contributed by atoms with van der Waals surface area (Å²) in [7, 11) is 0. The molecule has 0 amide bonds. The van der Waals surface area contributed by atoms with Crippen LogP contribution in [0.1, 0.15) is 39.5 Å². The van der Waals surface area contributed by atoms with Gasteiger partial charge in [0.2, 0.25) is 0 Å². The van der Waals surface area contributed by atoms with E-state index in [2.05, 4.69) is 4.99 Å². The normalized spacial score (nSPS) is 19.3. The first kappa shape index (κ1) is 10.5. The Labute approximate surface area is 80.4 Å². The molecule has 13 heavy (non-hydrogen) atoms. The number of rotatable bonds is 5. The van der Waals surface area contributed by atoms with Gasteiger partial charge in [-0.25, -0.2) is 0 Å². The molecule has 0 spiro atoms. The Morgan fingerprint density at radius 3 is 2.69 bits per heavy atom. The predicted molar refractivity (Wildman–Crippen MR) is 55.9 cm³/mol. The number of allylic oxidation sites excluding steroid dienone is 1. The van der Waals surface area contributed by atoms with E-state index in [1.807, 2.05) is 19.9 Å². The quantitative estimate of drug-likeness (QED) is 0.649. The lowest BCUT2D eigenvalue weighted by Gasteiger charge is -2.00. The first-order valence-electron chi connectivity index (χ1n) is 5.06. The van der Waals surface area contributed by atoms with E-state index in [0.717, 1.165) is 23.7 Å². The minimum atomic E-state index is 0.0528. The molecule has 1 rings (SSSR count). The molecule has 0 bridgehead atoms. The highest BCUT2D eigenvalue weighted by molar-refractivity contribution is 5.82. The summed E-state index contributed by atoms with van der Waals surface area (Å²) >= 11 is 0. The van der Waals surface area contributed by atoms with Crippen molar-refractivity contribution in [2.24, 2.45) is 10.9 Å². The van der Waals surface area contributed by atoms with Gasteiger partial charge >= 0.3 is 0 Å². The molecular weight excluding hydrogens is 162 g/mol. The van der Waals surface area contributed by atoms with Crippen molar-refractivity contribution >= 4 is 5.71 Å². The minimum Gasteiger partial charge on any atom is -0.390 e. The van der Waals surface area contributed by atoms with E-state index in [4.69, 9.17) is 5.11 Å². The third kappa shape index (κ3) is 4.23. The molecule has 0 heterocycles. The van der Waals surface area contributed by atoms with Gasteiger partial charge in [0.15, 0.2) is 0 Å². The molecule has 1 N–H and O–H groups in total. The molecule has 0 aromatic heterocycles. The van der Waals surface area contributed by atoms with Crippen LogP contribution in [0.25, 0.3) is 0 Å². The van der Waals surface area contributed by atoms with E-state index in [1.165, 1.54) is 19.3 Å². The van der Waals surface area contributed by atoms with Crippen LogP contribution >= 0.6 is 0 Å². The van der Waals surface area contributed by atoms with Crippen molar-refractivity contribution in [1.29, 1.82) is 0 Å². The minimum absolute atomic E-state index is 0.0528. The average Bonchev–Trinajstić information content (AvgIpc) is 2.94. The highest BCUT2D eigenvalue weighted by atomic mass is 16.3. The molecule has 0 atom stereocenters. The molecule has 2 heteroatoms. The lowest BCUT2D eigenvalue weighted by Crippen LogP contribution is -1.96. The van der Waals surface area contributed by atoms with Crippen LogP contribution < -0.4 is 0 Å². The van der Waals surface area contributed by atoms with Gasteiger partial charge in [0, 0.05) is 5.71 Å². The van der Waals surface area contributed by atoms with Crippen molar-refractivity contribution in [2.75, 3.05) is 6.61 Å². The lowest BCUT2D eigenvalue weighted by atomic mass is 10.1. The molecule has 0 aromatic carbocycles. The summed E-state index contributed by atoms with van der Waals surface area (Å²) < 4.78 is 0. The standard InChI is InChI=1S/C11H19NO/c1-3-11(8-13)12-9(2)4-5-10-6-7-10/h3,10,13H,4-8H2,1-2H3/b11-3-,12-9+. The van der Waals surface area contributed by atoms with Crippen molar-refractivity contribution < 1.29 is 5.11 Å². The van der Waals surface area contributed by atoms with Gasteiger partial charge in [0.05, 0.1) is 12.3 Å². The summed E-state index contributed by atoms with van der Waals surface area (Å²) in [5, 5.41) is 8.89. The number of nitrogens with zero attached hydrogens (tertiary/aromatic N) is 1. The third-order valence-electron chi connectivity index (χ3n) is 2.44.